The molecule has 1 aliphatic carbocycles. The first kappa shape index (κ1) is 14.4. The first-order valence-corrected chi connectivity index (χ1v) is 7.12. The van der Waals surface area contributed by atoms with Crippen LogP contribution in [0.3, 0.4) is 0 Å². The lowest BCUT2D eigenvalue weighted by Gasteiger charge is -2.26. The molecule has 0 aromatic heterocycles. The molecule has 0 amide bonds. The van der Waals surface area contributed by atoms with Crippen molar-refractivity contribution in [3.05, 3.63) is 29.3 Å². The normalized spacial score (nSPS) is 18.4. The summed E-state index contributed by atoms with van der Waals surface area (Å²) in [6.45, 7) is 7.01. The molecule has 0 saturated heterocycles. The standard InChI is InChI=1S/C16H25NO2/c1-11(2)15-7-6-14(8-12(15)3)19-10-16(18,9-17)13-4-5-13/h6-8,11,13,18H,4-5,9-10,17H2,1-3H3. The van der Waals surface area contributed by atoms with E-state index in [4.69, 9.17) is 10.5 Å². The molecular formula is C16H25NO2. The Balaban J connectivity index is 2.01. The summed E-state index contributed by atoms with van der Waals surface area (Å²) in [5.41, 5.74) is 7.39. The van der Waals surface area contributed by atoms with Crippen molar-refractivity contribution in [1.29, 1.82) is 0 Å². The molecule has 3 nitrogen and oxygen atoms in total. The SMILES string of the molecule is Cc1cc(OCC(O)(CN)C2CC2)ccc1C(C)C. The summed E-state index contributed by atoms with van der Waals surface area (Å²) < 4.78 is 5.75. The Bertz CT molecular complexity index is 440. The van der Waals surface area contributed by atoms with Crippen molar-refractivity contribution in [2.45, 2.75) is 45.1 Å². The van der Waals surface area contributed by atoms with Gasteiger partial charge in [-0.25, -0.2) is 0 Å². The average molecular weight is 263 g/mol. The van der Waals surface area contributed by atoms with Gasteiger partial charge in [0, 0.05) is 6.54 Å². The summed E-state index contributed by atoms with van der Waals surface area (Å²) in [5.74, 6) is 1.64. The lowest BCUT2D eigenvalue weighted by atomic mass is 9.97. The molecule has 0 aliphatic heterocycles. The summed E-state index contributed by atoms with van der Waals surface area (Å²) in [6, 6.07) is 6.12. The predicted molar refractivity (Wildman–Crippen MR) is 77.5 cm³/mol. The molecule has 1 aromatic rings. The maximum absolute atomic E-state index is 10.4. The molecule has 0 spiro atoms. The van der Waals surface area contributed by atoms with E-state index in [1.807, 2.05) is 12.1 Å². The molecule has 3 heteroatoms. The Morgan fingerprint density at radius 1 is 1.42 bits per heavy atom. The highest BCUT2D eigenvalue weighted by Crippen LogP contribution is 2.39. The van der Waals surface area contributed by atoms with Crippen LogP contribution in [0.15, 0.2) is 18.2 Å². The van der Waals surface area contributed by atoms with Crippen LogP contribution in [0, 0.1) is 12.8 Å². The Morgan fingerprint density at radius 2 is 2.11 bits per heavy atom. The van der Waals surface area contributed by atoms with Crippen LogP contribution in [0.25, 0.3) is 0 Å². The predicted octanol–water partition coefficient (Wildman–Crippen LogP) is 2.60. The molecule has 2 rings (SSSR count). The largest absolute Gasteiger partial charge is 0.491 e. The van der Waals surface area contributed by atoms with Crippen LogP contribution in [-0.4, -0.2) is 23.9 Å². The van der Waals surface area contributed by atoms with E-state index in [1.54, 1.807) is 0 Å². The highest BCUT2D eigenvalue weighted by Gasteiger charge is 2.43. The second kappa shape index (κ2) is 5.51. The van der Waals surface area contributed by atoms with Crippen molar-refractivity contribution >= 4 is 0 Å². The second-order valence-corrected chi connectivity index (χ2v) is 6.04. The Hall–Kier alpha value is -1.06. The van der Waals surface area contributed by atoms with Gasteiger partial charge in [0.15, 0.2) is 0 Å². The summed E-state index contributed by atoms with van der Waals surface area (Å²) >= 11 is 0. The van der Waals surface area contributed by atoms with Gasteiger partial charge in [-0.2, -0.15) is 0 Å². The smallest absolute Gasteiger partial charge is 0.119 e. The molecule has 19 heavy (non-hydrogen) atoms. The average Bonchev–Trinajstić information content (AvgIpc) is 3.20. The van der Waals surface area contributed by atoms with Crippen molar-refractivity contribution in [2.24, 2.45) is 11.7 Å². The molecule has 106 valence electrons. The fourth-order valence-corrected chi connectivity index (χ4v) is 2.56. The lowest BCUT2D eigenvalue weighted by Crippen LogP contribution is -2.45. The van der Waals surface area contributed by atoms with Crippen LogP contribution in [-0.2, 0) is 0 Å². The molecule has 0 bridgehead atoms. The van der Waals surface area contributed by atoms with Crippen molar-refractivity contribution in [3.8, 4) is 5.75 Å². The molecule has 0 heterocycles. The van der Waals surface area contributed by atoms with Crippen LogP contribution < -0.4 is 10.5 Å². The van der Waals surface area contributed by atoms with E-state index in [9.17, 15) is 5.11 Å². The molecule has 1 unspecified atom stereocenters. The van der Waals surface area contributed by atoms with Gasteiger partial charge in [-0.3, -0.25) is 0 Å². The van der Waals surface area contributed by atoms with Gasteiger partial charge in [-0.1, -0.05) is 19.9 Å². The fraction of sp³-hybridized carbons (Fsp3) is 0.625. The number of ether oxygens (including phenoxy) is 1. The van der Waals surface area contributed by atoms with Crippen molar-refractivity contribution in [1.82, 2.24) is 0 Å². The van der Waals surface area contributed by atoms with Crippen LogP contribution in [0.2, 0.25) is 0 Å². The third-order valence-electron chi connectivity index (χ3n) is 4.04. The van der Waals surface area contributed by atoms with Gasteiger partial charge < -0.3 is 15.6 Å². The van der Waals surface area contributed by atoms with Crippen molar-refractivity contribution in [3.63, 3.8) is 0 Å². The van der Waals surface area contributed by atoms with E-state index < -0.39 is 5.60 Å². The number of hydrogen-bond acceptors (Lipinski definition) is 3. The fourth-order valence-electron chi connectivity index (χ4n) is 2.56. The molecule has 1 saturated carbocycles. The third-order valence-corrected chi connectivity index (χ3v) is 4.04. The van der Waals surface area contributed by atoms with E-state index in [2.05, 4.69) is 26.8 Å². The number of aliphatic hydroxyl groups is 1. The molecule has 3 N–H and O–H groups in total. The zero-order valence-electron chi connectivity index (χ0n) is 12.1. The van der Waals surface area contributed by atoms with E-state index in [0.717, 1.165) is 18.6 Å². The van der Waals surface area contributed by atoms with E-state index in [1.165, 1.54) is 11.1 Å². The second-order valence-electron chi connectivity index (χ2n) is 6.04. The van der Waals surface area contributed by atoms with Crippen LogP contribution in [0.1, 0.15) is 43.7 Å². The highest BCUT2D eigenvalue weighted by atomic mass is 16.5. The number of nitrogens with two attached hydrogens (primary N) is 1. The zero-order chi connectivity index (χ0) is 14.0. The number of hydrogen-bond donors (Lipinski definition) is 2. The minimum atomic E-state index is -0.857. The molecule has 1 aliphatic rings. The van der Waals surface area contributed by atoms with Crippen LogP contribution in [0.4, 0.5) is 0 Å². The molecule has 1 aromatic carbocycles. The summed E-state index contributed by atoms with van der Waals surface area (Å²) in [4.78, 5) is 0. The highest BCUT2D eigenvalue weighted by molar-refractivity contribution is 5.36. The molecule has 1 atom stereocenters. The van der Waals surface area contributed by atoms with Crippen LogP contribution >= 0.6 is 0 Å². The Kier molecular flexibility index (Phi) is 4.16. The molecule has 0 radical (unpaired) electrons. The van der Waals surface area contributed by atoms with Gasteiger partial charge in [0.25, 0.3) is 0 Å². The summed E-state index contributed by atoms with van der Waals surface area (Å²) in [7, 11) is 0. The number of benzene rings is 1. The Morgan fingerprint density at radius 3 is 2.58 bits per heavy atom. The van der Waals surface area contributed by atoms with Gasteiger partial charge in [-0.05, 0) is 54.9 Å². The first-order chi connectivity index (χ1) is 8.96. The third kappa shape index (κ3) is 3.28. The van der Waals surface area contributed by atoms with E-state index in [0.29, 0.717) is 11.8 Å². The summed E-state index contributed by atoms with van der Waals surface area (Å²) in [5, 5.41) is 10.4. The van der Waals surface area contributed by atoms with E-state index in [-0.39, 0.29) is 13.2 Å². The summed E-state index contributed by atoms with van der Waals surface area (Å²) in [6.07, 6.45) is 2.12. The van der Waals surface area contributed by atoms with Crippen molar-refractivity contribution in [2.75, 3.05) is 13.2 Å². The monoisotopic (exact) mass is 263 g/mol. The first-order valence-electron chi connectivity index (χ1n) is 7.12. The van der Waals surface area contributed by atoms with Gasteiger partial charge in [0.1, 0.15) is 18.0 Å². The lowest BCUT2D eigenvalue weighted by molar-refractivity contribution is -0.0162. The maximum Gasteiger partial charge on any atom is 0.119 e. The molecular weight excluding hydrogens is 238 g/mol. The topological polar surface area (TPSA) is 55.5 Å². The zero-order valence-corrected chi connectivity index (χ0v) is 12.1. The number of aryl methyl sites for hydroxylation is 1. The molecule has 1 fully saturated rings. The maximum atomic E-state index is 10.4. The van der Waals surface area contributed by atoms with Gasteiger partial charge in [0.2, 0.25) is 0 Å². The van der Waals surface area contributed by atoms with Gasteiger partial charge >= 0.3 is 0 Å². The van der Waals surface area contributed by atoms with E-state index >= 15 is 0 Å². The van der Waals surface area contributed by atoms with Gasteiger partial charge in [0.05, 0.1) is 0 Å². The minimum Gasteiger partial charge on any atom is -0.491 e. The van der Waals surface area contributed by atoms with Crippen molar-refractivity contribution < 1.29 is 9.84 Å². The van der Waals surface area contributed by atoms with Crippen LogP contribution in [0.5, 0.6) is 5.75 Å². The quantitative estimate of drug-likeness (QED) is 0.829. The minimum absolute atomic E-state index is 0.265. The van der Waals surface area contributed by atoms with Gasteiger partial charge in [-0.15, -0.1) is 0 Å². The Labute approximate surface area is 115 Å². The number of rotatable bonds is 6.